The molecule has 2 N–H and O–H groups in total. The molecule has 1 aliphatic rings. The zero-order valence-corrected chi connectivity index (χ0v) is 14.7. The highest BCUT2D eigenvalue weighted by atomic mass is 16.3. The second-order valence-corrected chi connectivity index (χ2v) is 6.94. The maximum atomic E-state index is 12.9. The van der Waals surface area contributed by atoms with E-state index in [1.807, 2.05) is 50.2 Å². The van der Waals surface area contributed by atoms with Crippen LogP contribution in [0.3, 0.4) is 0 Å². The van der Waals surface area contributed by atoms with Gasteiger partial charge in [0.2, 0.25) is 0 Å². The molecule has 0 radical (unpaired) electrons. The van der Waals surface area contributed by atoms with E-state index in [4.69, 9.17) is 0 Å². The first-order chi connectivity index (χ1) is 12.5. The average molecular weight is 348 g/mol. The number of nitrogens with one attached hydrogen (secondary N) is 1. The summed E-state index contributed by atoms with van der Waals surface area (Å²) >= 11 is 0. The molecule has 0 saturated heterocycles. The molecule has 26 heavy (non-hydrogen) atoms. The van der Waals surface area contributed by atoms with Gasteiger partial charge in [0.25, 0.3) is 11.5 Å². The second kappa shape index (κ2) is 6.02. The van der Waals surface area contributed by atoms with E-state index in [1.54, 1.807) is 10.6 Å². The standard InChI is InChI=1S/C21H20N2O3/c1-12-5-3-6-14(9-12)11-22-20(25)17-19(24)16-8-4-7-15-10-13(2)23(18(15)16)21(17)26/h3-9,13,24H,10-11H2,1-2H3,(H,22,25). The van der Waals surface area contributed by atoms with Gasteiger partial charge in [-0.3, -0.25) is 9.59 Å². The van der Waals surface area contributed by atoms with Crippen LogP contribution in [0.1, 0.15) is 40.0 Å². The largest absolute Gasteiger partial charge is 0.506 e. The van der Waals surface area contributed by atoms with Crippen LogP contribution < -0.4 is 10.9 Å². The molecule has 2 heterocycles. The summed E-state index contributed by atoms with van der Waals surface area (Å²) in [7, 11) is 0. The van der Waals surface area contributed by atoms with Gasteiger partial charge in [-0.05, 0) is 37.5 Å². The highest BCUT2D eigenvalue weighted by Crippen LogP contribution is 2.35. The number of nitrogens with zero attached hydrogens (tertiary/aromatic N) is 1. The Kier molecular flexibility index (Phi) is 3.80. The van der Waals surface area contributed by atoms with Gasteiger partial charge in [-0.1, -0.05) is 42.0 Å². The number of aryl methyl sites for hydroxylation is 1. The van der Waals surface area contributed by atoms with Crippen LogP contribution in [0.4, 0.5) is 0 Å². The molecular formula is C21H20N2O3. The molecule has 132 valence electrons. The molecule has 1 aromatic heterocycles. The fourth-order valence-electron chi connectivity index (χ4n) is 3.82. The van der Waals surface area contributed by atoms with E-state index in [2.05, 4.69) is 5.32 Å². The summed E-state index contributed by atoms with van der Waals surface area (Å²) in [5.74, 6) is -0.789. The smallest absolute Gasteiger partial charge is 0.267 e. The first-order valence-electron chi connectivity index (χ1n) is 8.70. The topological polar surface area (TPSA) is 71.3 Å². The third-order valence-electron chi connectivity index (χ3n) is 5.00. The Morgan fingerprint density at radius 3 is 2.81 bits per heavy atom. The number of amides is 1. The SMILES string of the molecule is Cc1cccc(CNC(=O)c2c(O)c3cccc4c3n(c2=O)C(C)C4)c1. The van der Waals surface area contributed by atoms with E-state index < -0.39 is 11.5 Å². The summed E-state index contributed by atoms with van der Waals surface area (Å²) in [4.78, 5) is 25.6. The van der Waals surface area contributed by atoms with Crippen LogP contribution in [0.5, 0.6) is 5.75 Å². The van der Waals surface area contributed by atoms with Crippen molar-refractivity contribution in [3.63, 3.8) is 0 Å². The van der Waals surface area contributed by atoms with Gasteiger partial charge in [-0.2, -0.15) is 0 Å². The summed E-state index contributed by atoms with van der Waals surface area (Å²) in [6.07, 6.45) is 0.723. The van der Waals surface area contributed by atoms with Crippen molar-refractivity contribution in [2.24, 2.45) is 0 Å². The number of carbonyl (C=O) groups excluding carboxylic acids is 1. The van der Waals surface area contributed by atoms with E-state index >= 15 is 0 Å². The Morgan fingerprint density at radius 1 is 1.27 bits per heavy atom. The number of hydrogen-bond donors (Lipinski definition) is 2. The number of benzene rings is 2. The Morgan fingerprint density at radius 2 is 2.04 bits per heavy atom. The summed E-state index contributed by atoms with van der Waals surface area (Å²) in [5.41, 5.74) is 3.18. The molecule has 1 aliphatic heterocycles. The van der Waals surface area contributed by atoms with Gasteiger partial charge in [-0.15, -0.1) is 0 Å². The summed E-state index contributed by atoms with van der Waals surface area (Å²) in [5, 5.41) is 13.9. The lowest BCUT2D eigenvalue weighted by molar-refractivity contribution is 0.0946. The van der Waals surface area contributed by atoms with Gasteiger partial charge in [0, 0.05) is 18.0 Å². The maximum Gasteiger partial charge on any atom is 0.267 e. The normalized spacial score (nSPS) is 15.4. The number of pyridine rings is 1. The monoisotopic (exact) mass is 348 g/mol. The van der Waals surface area contributed by atoms with Gasteiger partial charge >= 0.3 is 0 Å². The van der Waals surface area contributed by atoms with Crippen molar-refractivity contribution in [1.82, 2.24) is 9.88 Å². The number of rotatable bonds is 3. The lowest BCUT2D eigenvalue weighted by Crippen LogP contribution is -2.33. The van der Waals surface area contributed by atoms with Crippen LogP contribution in [0.25, 0.3) is 10.9 Å². The van der Waals surface area contributed by atoms with E-state index in [-0.39, 0.29) is 17.4 Å². The van der Waals surface area contributed by atoms with Gasteiger partial charge in [0.05, 0.1) is 5.52 Å². The van der Waals surface area contributed by atoms with E-state index in [1.165, 1.54) is 0 Å². The number of aromatic hydroxyl groups is 1. The fourth-order valence-corrected chi connectivity index (χ4v) is 3.82. The van der Waals surface area contributed by atoms with Gasteiger partial charge < -0.3 is 15.0 Å². The molecule has 0 saturated carbocycles. The molecule has 2 aromatic carbocycles. The Balaban J connectivity index is 1.76. The number of carbonyl (C=O) groups is 1. The van der Waals surface area contributed by atoms with Crippen LogP contribution in [-0.2, 0) is 13.0 Å². The summed E-state index contributed by atoms with van der Waals surface area (Å²) in [6.45, 7) is 4.23. The molecule has 4 rings (SSSR count). The minimum absolute atomic E-state index is 0.0358. The predicted octanol–water partition coefficient (Wildman–Crippen LogP) is 3.06. The summed E-state index contributed by atoms with van der Waals surface area (Å²) < 4.78 is 1.63. The quantitative estimate of drug-likeness (QED) is 0.764. The molecule has 0 bridgehead atoms. The average Bonchev–Trinajstić information content (AvgIpc) is 2.95. The van der Waals surface area contributed by atoms with E-state index in [0.29, 0.717) is 11.9 Å². The zero-order valence-electron chi connectivity index (χ0n) is 14.7. The lowest BCUT2D eigenvalue weighted by Gasteiger charge is -2.14. The molecule has 0 aliphatic carbocycles. The third-order valence-corrected chi connectivity index (χ3v) is 5.00. The molecule has 0 spiro atoms. The highest BCUT2D eigenvalue weighted by Gasteiger charge is 2.29. The molecular weight excluding hydrogens is 328 g/mol. The fraction of sp³-hybridized carbons (Fsp3) is 0.238. The minimum Gasteiger partial charge on any atom is -0.506 e. The maximum absolute atomic E-state index is 12.9. The van der Waals surface area contributed by atoms with Crippen LogP contribution >= 0.6 is 0 Å². The van der Waals surface area contributed by atoms with Crippen molar-refractivity contribution in [1.29, 1.82) is 0 Å². The first kappa shape index (κ1) is 16.4. The molecule has 3 aromatic rings. The summed E-state index contributed by atoms with van der Waals surface area (Å²) in [6, 6.07) is 13.3. The van der Waals surface area contributed by atoms with E-state index in [0.717, 1.165) is 28.6 Å². The van der Waals surface area contributed by atoms with E-state index in [9.17, 15) is 14.7 Å². The van der Waals surface area contributed by atoms with Crippen molar-refractivity contribution in [3.8, 4) is 5.75 Å². The molecule has 5 heteroatoms. The van der Waals surface area contributed by atoms with Crippen LogP contribution in [0, 0.1) is 6.92 Å². The van der Waals surface area contributed by atoms with Gasteiger partial charge in [0.1, 0.15) is 11.3 Å². The van der Waals surface area contributed by atoms with Crippen LogP contribution in [0.2, 0.25) is 0 Å². The minimum atomic E-state index is -0.552. The lowest BCUT2D eigenvalue weighted by atomic mass is 10.1. The zero-order chi connectivity index (χ0) is 18.4. The van der Waals surface area contributed by atoms with Gasteiger partial charge in [-0.25, -0.2) is 0 Å². The highest BCUT2D eigenvalue weighted by molar-refractivity contribution is 6.03. The van der Waals surface area contributed by atoms with Crippen molar-refractivity contribution < 1.29 is 9.90 Å². The Bertz CT molecular complexity index is 1100. The molecule has 1 unspecified atom stereocenters. The molecule has 0 fully saturated rings. The number of para-hydroxylation sites is 1. The van der Waals surface area contributed by atoms with Crippen molar-refractivity contribution in [2.75, 3.05) is 0 Å². The molecule has 1 amide bonds. The van der Waals surface area contributed by atoms with Crippen molar-refractivity contribution in [2.45, 2.75) is 32.9 Å². The first-order valence-corrected chi connectivity index (χ1v) is 8.70. The van der Waals surface area contributed by atoms with Crippen LogP contribution in [0.15, 0.2) is 47.3 Å². The molecule has 5 nitrogen and oxygen atoms in total. The number of hydrogen-bond acceptors (Lipinski definition) is 3. The van der Waals surface area contributed by atoms with Crippen molar-refractivity contribution in [3.05, 3.63) is 75.1 Å². The Hall–Kier alpha value is -3.08. The third kappa shape index (κ3) is 2.47. The predicted molar refractivity (Wildman–Crippen MR) is 101 cm³/mol. The van der Waals surface area contributed by atoms with Gasteiger partial charge in [0.15, 0.2) is 0 Å². The van der Waals surface area contributed by atoms with Crippen molar-refractivity contribution >= 4 is 16.8 Å². The Labute approximate surface area is 150 Å². The van der Waals surface area contributed by atoms with Crippen LogP contribution in [-0.4, -0.2) is 15.6 Å². The number of aromatic nitrogens is 1. The molecule has 1 atom stereocenters. The second-order valence-electron chi connectivity index (χ2n) is 6.94.